The Morgan fingerprint density at radius 1 is 1.11 bits per heavy atom. The zero-order chi connectivity index (χ0) is 25.2. The SMILES string of the molecule is COCOc1cc(OCOC)c2c(c1)O[C@]13C(=C[C@@H]4C[C@H]1C(C)(C)O[C@@]3(CC=C(C)C)C4=O)C2=O. The number of carbonyl (C=O) groups excluding carboxylic acids is 2. The topological polar surface area (TPSA) is 89.5 Å². The lowest BCUT2D eigenvalue weighted by Gasteiger charge is -2.56. The highest BCUT2D eigenvalue weighted by Crippen LogP contribution is 2.67. The van der Waals surface area contributed by atoms with E-state index in [0.717, 1.165) is 5.57 Å². The van der Waals surface area contributed by atoms with Crippen molar-refractivity contribution in [2.75, 3.05) is 27.8 Å². The molecule has 0 amide bonds. The van der Waals surface area contributed by atoms with Crippen LogP contribution in [-0.4, -0.2) is 56.2 Å². The van der Waals surface area contributed by atoms with Crippen LogP contribution in [0.15, 0.2) is 35.4 Å². The van der Waals surface area contributed by atoms with Crippen molar-refractivity contribution < 1.29 is 38.0 Å². The van der Waals surface area contributed by atoms with E-state index < -0.39 is 22.7 Å². The van der Waals surface area contributed by atoms with Crippen LogP contribution in [0.3, 0.4) is 0 Å². The molecule has 35 heavy (non-hydrogen) atoms. The van der Waals surface area contributed by atoms with E-state index in [9.17, 15) is 9.59 Å². The molecule has 188 valence electrons. The van der Waals surface area contributed by atoms with E-state index in [2.05, 4.69) is 0 Å². The minimum absolute atomic E-state index is 0.0101. The molecule has 0 N–H and O–H groups in total. The first-order valence-corrected chi connectivity index (χ1v) is 11.9. The van der Waals surface area contributed by atoms with Gasteiger partial charge >= 0.3 is 0 Å². The summed E-state index contributed by atoms with van der Waals surface area (Å²) in [4.78, 5) is 28.0. The summed E-state index contributed by atoms with van der Waals surface area (Å²) in [6.45, 7) is 7.89. The predicted octanol–water partition coefficient (Wildman–Crippen LogP) is 4.02. The zero-order valence-electron chi connectivity index (χ0n) is 21.1. The van der Waals surface area contributed by atoms with Gasteiger partial charge in [0, 0.05) is 50.2 Å². The molecule has 2 fully saturated rings. The number of carbonyl (C=O) groups is 2. The third-order valence-electron chi connectivity index (χ3n) is 7.62. The summed E-state index contributed by atoms with van der Waals surface area (Å²) < 4.78 is 35.1. The Bertz CT molecular complexity index is 1140. The summed E-state index contributed by atoms with van der Waals surface area (Å²) in [7, 11) is 3.02. The average Bonchev–Trinajstić information content (AvgIpc) is 2.96. The monoisotopic (exact) mass is 484 g/mol. The van der Waals surface area contributed by atoms with Crippen molar-refractivity contribution in [3.8, 4) is 17.2 Å². The highest BCUT2D eigenvalue weighted by Gasteiger charge is 2.81. The van der Waals surface area contributed by atoms with Crippen LogP contribution in [0, 0.1) is 11.8 Å². The molecule has 2 aliphatic heterocycles. The van der Waals surface area contributed by atoms with Gasteiger partial charge in [-0.25, -0.2) is 0 Å². The number of allylic oxidation sites excluding steroid dienone is 2. The first kappa shape index (κ1) is 24.0. The van der Waals surface area contributed by atoms with Crippen LogP contribution in [0.2, 0.25) is 0 Å². The normalized spacial score (nSPS) is 31.3. The first-order chi connectivity index (χ1) is 16.6. The molecule has 5 aliphatic rings. The Morgan fingerprint density at radius 3 is 2.51 bits per heavy atom. The summed E-state index contributed by atoms with van der Waals surface area (Å²) in [6, 6.07) is 3.28. The van der Waals surface area contributed by atoms with E-state index in [1.54, 1.807) is 18.2 Å². The van der Waals surface area contributed by atoms with Crippen LogP contribution in [0.4, 0.5) is 0 Å². The van der Waals surface area contributed by atoms with Crippen LogP contribution < -0.4 is 14.2 Å². The summed E-state index contributed by atoms with van der Waals surface area (Å²) in [5, 5.41) is 0. The van der Waals surface area contributed by atoms with Gasteiger partial charge in [0.2, 0.25) is 0 Å². The lowest BCUT2D eigenvalue weighted by molar-refractivity contribution is -0.171. The Morgan fingerprint density at radius 2 is 1.83 bits per heavy atom. The van der Waals surface area contributed by atoms with Gasteiger partial charge in [0.1, 0.15) is 22.8 Å². The van der Waals surface area contributed by atoms with Crippen molar-refractivity contribution in [1.82, 2.24) is 0 Å². The van der Waals surface area contributed by atoms with Crippen molar-refractivity contribution in [3.63, 3.8) is 0 Å². The standard InChI is InChI=1S/C27H32O8/c1-15(2)7-8-26-24(29)16-9-18-23(28)22-19(33-14-31-6)11-17(32-13-30-5)12-20(22)34-27(18,26)21(10-16)25(3,4)35-26/h7,9,11-12,16,21H,8,10,13-14H2,1-6H3/t16-,21+,26+,27-/m1/s1. The van der Waals surface area contributed by atoms with Gasteiger partial charge in [-0.2, -0.15) is 0 Å². The van der Waals surface area contributed by atoms with Crippen molar-refractivity contribution in [3.05, 3.63) is 41.0 Å². The molecule has 1 saturated carbocycles. The van der Waals surface area contributed by atoms with Crippen LogP contribution >= 0.6 is 0 Å². The fraction of sp³-hybridized carbons (Fsp3) is 0.556. The van der Waals surface area contributed by atoms with Crippen molar-refractivity contribution in [1.29, 1.82) is 0 Å². The molecule has 0 radical (unpaired) electrons. The Balaban J connectivity index is 1.73. The second-order valence-electron chi connectivity index (χ2n) is 10.4. The maximum Gasteiger partial charge on any atom is 0.200 e. The Labute approximate surface area is 205 Å². The second kappa shape index (κ2) is 8.18. The van der Waals surface area contributed by atoms with Crippen LogP contribution in [0.25, 0.3) is 0 Å². The van der Waals surface area contributed by atoms with Crippen molar-refractivity contribution >= 4 is 11.6 Å². The molecular formula is C27H32O8. The molecule has 1 spiro atoms. The Hall–Kier alpha value is -2.68. The molecule has 6 rings (SSSR count). The molecule has 4 atom stereocenters. The lowest BCUT2D eigenvalue weighted by atomic mass is 9.51. The van der Waals surface area contributed by atoms with E-state index in [1.165, 1.54) is 14.2 Å². The molecule has 1 aromatic carbocycles. The van der Waals surface area contributed by atoms with E-state index in [4.69, 9.17) is 28.4 Å². The van der Waals surface area contributed by atoms with Crippen molar-refractivity contribution in [2.24, 2.45) is 11.8 Å². The van der Waals surface area contributed by atoms with Gasteiger partial charge < -0.3 is 28.4 Å². The van der Waals surface area contributed by atoms with Gasteiger partial charge in [0.15, 0.2) is 36.4 Å². The van der Waals surface area contributed by atoms with Gasteiger partial charge in [-0.15, -0.1) is 0 Å². The summed E-state index contributed by atoms with van der Waals surface area (Å²) in [6.07, 6.45) is 4.70. The number of benzene rings is 1. The average molecular weight is 485 g/mol. The molecule has 8 heteroatoms. The van der Waals surface area contributed by atoms with Crippen LogP contribution in [0.1, 0.15) is 50.9 Å². The molecule has 1 saturated heterocycles. The van der Waals surface area contributed by atoms with Crippen molar-refractivity contribution in [2.45, 2.75) is 57.3 Å². The minimum Gasteiger partial charge on any atom is -0.477 e. The van der Waals surface area contributed by atoms with Gasteiger partial charge in [0.05, 0.1) is 5.60 Å². The molecule has 0 aromatic heterocycles. The quantitative estimate of drug-likeness (QED) is 0.404. The Kier molecular flexibility index (Phi) is 5.62. The minimum atomic E-state index is -1.30. The van der Waals surface area contributed by atoms with E-state index in [-0.39, 0.29) is 36.8 Å². The number of rotatable bonds is 8. The smallest absolute Gasteiger partial charge is 0.200 e. The molecule has 0 unspecified atom stereocenters. The summed E-state index contributed by atoms with van der Waals surface area (Å²) in [5.74, 6) is 0.163. The number of methoxy groups -OCH3 is 2. The molecule has 1 aromatic rings. The number of hydrogen-bond acceptors (Lipinski definition) is 8. The first-order valence-electron chi connectivity index (χ1n) is 11.9. The zero-order valence-corrected chi connectivity index (χ0v) is 21.1. The molecule has 4 bridgehead atoms. The number of fused-ring (bicyclic) bond motifs is 1. The molecule has 2 heterocycles. The number of hydrogen-bond donors (Lipinski definition) is 0. The number of ketones is 2. The maximum atomic E-state index is 14.1. The fourth-order valence-electron chi connectivity index (χ4n) is 6.30. The third kappa shape index (κ3) is 3.23. The van der Waals surface area contributed by atoms with Crippen LogP contribution in [0.5, 0.6) is 17.2 Å². The molecule has 8 nitrogen and oxygen atoms in total. The van der Waals surface area contributed by atoms with Gasteiger partial charge in [-0.1, -0.05) is 17.7 Å². The van der Waals surface area contributed by atoms with Gasteiger partial charge in [-0.05, 0) is 34.1 Å². The third-order valence-corrected chi connectivity index (χ3v) is 7.62. The largest absolute Gasteiger partial charge is 0.477 e. The maximum absolute atomic E-state index is 14.1. The number of Topliss-reactive ketones (excluding diaryl/α,β-unsaturated/α-hetero) is 2. The fourth-order valence-corrected chi connectivity index (χ4v) is 6.30. The highest BCUT2D eigenvalue weighted by atomic mass is 16.7. The summed E-state index contributed by atoms with van der Waals surface area (Å²) in [5.41, 5.74) is -1.37. The van der Waals surface area contributed by atoms with E-state index in [1.807, 2.05) is 33.8 Å². The van der Waals surface area contributed by atoms with Gasteiger partial charge in [0.25, 0.3) is 0 Å². The van der Waals surface area contributed by atoms with E-state index >= 15 is 0 Å². The second-order valence-corrected chi connectivity index (χ2v) is 10.4. The van der Waals surface area contributed by atoms with Crippen LogP contribution in [-0.2, 0) is 19.0 Å². The van der Waals surface area contributed by atoms with E-state index in [0.29, 0.717) is 35.5 Å². The highest BCUT2D eigenvalue weighted by molar-refractivity contribution is 6.18. The molecular weight excluding hydrogens is 452 g/mol. The summed E-state index contributed by atoms with van der Waals surface area (Å²) >= 11 is 0. The lowest BCUT2D eigenvalue weighted by Crippen LogP contribution is -2.72. The number of ether oxygens (including phenoxy) is 6. The van der Waals surface area contributed by atoms with Gasteiger partial charge in [-0.3, -0.25) is 9.59 Å². The predicted molar refractivity (Wildman–Crippen MR) is 126 cm³/mol. The molecule has 3 aliphatic carbocycles.